The largest absolute Gasteiger partial charge is 0.396 e. The van der Waals surface area contributed by atoms with Crippen LogP contribution in [0.25, 0.3) is 0 Å². The van der Waals surface area contributed by atoms with Gasteiger partial charge in [0, 0.05) is 6.61 Å². The van der Waals surface area contributed by atoms with Crippen molar-refractivity contribution >= 4 is 0 Å². The summed E-state index contributed by atoms with van der Waals surface area (Å²) in [4.78, 5) is 0. The quantitative estimate of drug-likeness (QED) is 0.718. The third kappa shape index (κ3) is 18.7. The van der Waals surface area contributed by atoms with E-state index >= 15 is 0 Å². The molecule has 13 heavy (non-hydrogen) atoms. The summed E-state index contributed by atoms with van der Waals surface area (Å²) >= 11 is 0. The predicted octanol–water partition coefficient (Wildman–Crippen LogP) is 2.58. The average molecular weight is 190 g/mol. The molecule has 0 aliphatic heterocycles. The van der Waals surface area contributed by atoms with Gasteiger partial charge in [0.25, 0.3) is 0 Å². The predicted molar refractivity (Wildman–Crippen MR) is 57.7 cm³/mol. The van der Waals surface area contributed by atoms with E-state index in [1.807, 2.05) is 6.92 Å². The van der Waals surface area contributed by atoms with Crippen molar-refractivity contribution in [2.45, 2.75) is 60.0 Å². The van der Waals surface area contributed by atoms with Gasteiger partial charge < -0.3 is 10.2 Å². The second kappa shape index (κ2) is 8.52. The summed E-state index contributed by atoms with van der Waals surface area (Å²) in [5.74, 6) is 0. The van der Waals surface area contributed by atoms with Gasteiger partial charge in [0.15, 0.2) is 0 Å². The van der Waals surface area contributed by atoms with E-state index in [-0.39, 0.29) is 12.7 Å². The molecular weight excluding hydrogens is 164 g/mol. The molecule has 0 fully saturated rings. The number of hydrogen-bond donors (Lipinski definition) is 2. The van der Waals surface area contributed by atoms with Gasteiger partial charge in [-0.05, 0) is 18.3 Å². The Morgan fingerprint density at radius 1 is 1.15 bits per heavy atom. The smallest absolute Gasteiger partial charge is 0.0559 e. The number of rotatable bonds is 3. The zero-order valence-corrected chi connectivity index (χ0v) is 9.80. The van der Waals surface area contributed by atoms with Crippen LogP contribution in [-0.4, -0.2) is 22.9 Å². The zero-order valence-electron chi connectivity index (χ0n) is 9.80. The fourth-order valence-corrected chi connectivity index (χ4v) is 0.353. The van der Waals surface area contributed by atoms with Crippen molar-refractivity contribution in [1.82, 2.24) is 0 Å². The highest BCUT2D eigenvalue weighted by atomic mass is 16.3. The van der Waals surface area contributed by atoms with Crippen LogP contribution in [0.2, 0.25) is 0 Å². The molecule has 0 rings (SSSR count). The van der Waals surface area contributed by atoms with E-state index < -0.39 is 0 Å². The van der Waals surface area contributed by atoms with Gasteiger partial charge in [0.05, 0.1) is 6.10 Å². The number of aliphatic hydroxyl groups is 2. The normalized spacial score (nSPS) is 13.2. The lowest BCUT2D eigenvalue weighted by Gasteiger charge is -2.12. The van der Waals surface area contributed by atoms with Gasteiger partial charge in [-0.25, -0.2) is 0 Å². The lowest BCUT2D eigenvalue weighted by atomic mass is 9.94. The summed E-state index contributed by atoms with van der Waals surface area (Å²) in [5, 5.41) is 16.9. The van der Waals surface area contributed by atoms with E-state index in [4.69, 9.17) is 10.2 Å². The molecule has 0 spiro atoms. The lowest BCUT2D eigenvalue weighted by molar-refractivity contribution is 0.129. The van der Waals surface area contributed by atoms with Crippen molar-refractivity contribution in [3.8, 4) is 0 Å². The van der Waals surface area contributed by atoms with Crippen LogP contribution in [0.15, 0.2) is 0 Å². The molecule has 0 aliphatic carbocycles. The number of hydrogen-bond acceptors (Lipinski definition) is 2. The molecule has 0 amide bonds. The van der Waals surface area contributed by atoms with Crippen molar-refractivity contribution in [3.63, 3.8) is 0 Å². The second-order valence-corrected chi connectivity index (χ2v) is 4.49. The molecule has 0 aromatic carbocycles. The molecule has 0 saturated carbocycles. The van der Waals surface area contributed by atoms with Gasteiger partial charge in [0.1, 0.15) is 0 Å². The maximum atomic E-state index is 8.70. The first-order valence-electron chi connectivity index (χ1n) is 5.16. The van der Waals surface area contributed by atoms with Gasteiger partial charge in [0.2, 0.25) is 0 Å². The molecule has 0 aromatic rings. The Bertz CT molecular complexity index is 94.8. The summed E-state index contributed by atoms with van der Waals surface area (Å²) in [7, 11) is 0. The van der Waals surface area contributed by atoms with Crippen molar-refractivity contribution in [3.05, 3.63) is 0 Å². The molecule has 0 radical (unpaired) electrons. The highest BCUT2D eigenvalue weighted by Gasteiger charge is 2.03. The lowest BCUT2D eigenvalue weighted by Crippen LogP contribution is -2.05. The Balaban J connectivity index is 0. The van der Waals surface area contributed by atoms with E-state index in [1.165, 1.54) is 6.42 Å². The van der Waals surface area contributed by atoms with Gasteiger partial charge in [-0.2, -0.15) is 0 Å². The SMILES string of the molecule is CCC(C)(C)C.CCC(O)CCO. The van der Waals surface area contributed by atoms with Gasteiger partial charge in [-0.3, -0.25) is 0 Å². The number of aliphatic hydroxyl groups excluding tert-OH is 2. The van der Waals surface area contributed by atoms with Crippen molar-refractivity contribution in [2.75, 3.05) is 6.61 Å². The molecule has 0 aromatic heterocycles. The second-order valence-electron chi connectivity index (χ2n) is 4.49. The highest BCUT2D eigenvalue weighted by molar-refractivity contribution is 4.55. The molecule has 2 nitrogen and oxygen atoms in total. The maximum absolute atomic E-state index is 8.70. The zero-order chi connectivity index (χ0) is 10.9. The summed E-state index contributed by atoms with van der Waals surface area (Å²) in [6.07, 6.45) is 2.22. The molecule has 1 atom stereocenters. The summed E-state index contributed by atoms with van der Waals surface area (Å²) in [6.45, 7) is 10.9. The summed E-state index contributed by atoms with van der Waals surface area (Å²) in [6, 6.07) is 0. The summed E-state index contributed by atoms with van der Waals surface area (Å²) < 4.78 is 0. The maximum Gasteiger partial charge on any atom is 0.0559 e. The Morgan fingerprint density at radius 2 is 1.54 bits per heavy atom. The van der Waals surface area contributed by atoms with Gasteiger partial charge in [-0.1, -0.05) is 41.0 Å². The minimum Gasteiger partial charge on any atom is -0.396 e. The first-order valence-corrected chi connectivity index (χ1v) is 5.16. The fourth-order valence-electron chi connectivity index (χ4n) is 0.353. The third-order valence-electron chi connectivity index (χ3n) is 1.99. The van der Waals surface area contributed by atoms with E-state index in [2.05, 4.69) is 27.7 Å². The molecule has 1 unspecified atom stereocenters. The van der Waals surface area contributed by atoms with Crippen LogP contribution in [0, 0.1) is 5.41 Å². The molecule has 0 heterocycles. The molecule has 0 saturated heterocycles. The van der Waals surface area contributed by atoms with Crippen LogP contribution in [0.3, 0.4) is 0 Å². The monoisotopic (exact) mass is 190 g/mol. The van der Waals surface area contributed by atoms with E-state index in [0.717, 1.165) is 6.42 Å². The average Bonchev–Trinajstić information content (AvgIpc) is 2.05. The molecule has 82 valence electrons. The van der Waals surface area contributed by atoms with Crippen LogP contribution >= 0.6 is 0 Å². The Kier molecular flexibility index (Phi) is 10.1. The third-order valence-corrected chi connectivity index (χ3v) is 1.99. The van der Waals surface area contributed by atoms with E-state index in [1.54, 1.807) is 0 Å². The minimum atomic E-state index is -0.301. The van der Waals surface area contributed by atoms with Crippen molar-refractivity contribution < 1.29 is 10.2 Å². The Labute approximate surface area is 83.0 Å². The van der Waals surface area contributed by atoms with Crippen LogP contribution in [-0.2, 0) is 0 Å². The van der Waals surface area contributed by atoms with Crippen LogP contribution in [0.1, 0.15) is 53.9 Å². The van der Waals surface area contributed by atoms with Crippen LogP contribution in [0.4, 0.5) is 0 Å². The summed E-state index contributed by atoms with van der Waals surface area (Å²) in [5.41, 5.74) is 0.542. The highest BCUT2D eigenvalue weighted by Crippen LogP contribution is 2.16. The van der Waals surface area contributed by atoms with Gasteiger partial charge >= 0.3 is 0 Å². The van der Waals surface area contributed by atoms with Crippen molar-refractivity contribution in [2.24, 2.45) is 5.41 Å². The fraction of sp³-hybridized carbons (Fsp3) is 1.00. The minimum absolute atomic E-state index is 0.0923. The van der Waals surface area contributed by atoms with Gasteiger partial charge in [-0.15, -0.1) is 0 Å². The van der Waals surface area contributed by atoms with Crippen molar-refractivity contribution in [1.29, 1.82) is 0 Å². The standard InChI is InChI=1S/C6H14.C5H12O2/c1-5-6(2,3)4;1-2-5(7)3-4-6/h5H2,1-4H3;5-7H,2-4H2,1H3. The van der Waals surface area contributed by atoms with E-state index in [9.17, 15) is 0 Å². The topological polar surface area (TPSA) is 40.5 Å². The Morgan fingerprint density at radius 3 is 1.62 bits per heavy atom. The Hall–Kier alpha value is -0.0800. The molecule has 0 bridgehead atoms. The molecule has 2 N–H and O–H groups in total. The first kappa shape index (κ1) is 15.4. The van der Waals surface area contributed by atoms with Crippen LogP contribution in [0.5, 0.6) is 0 Å². The molecule has 0 aliphatic rings. The van der Waals surface area contributed by atoms with E-state index in [0.29, 0.717) is 11.8 Å². The van der Waals surface area contributed by atoms with Crippen LogP contribution < -0.4 is 0 Å². The molecular formula is C11H26O2. The molecule has 2 heteroatoms. The first-order chi connectivity index (χ1) is 5.87.